The van der Waals surface area contributed by atoms with E-state index in [0.717, 1.165) is 6.20 Å². The van der Waals surface area contributed by atoms with Gasteiger partial charge in [0, 0.05) is 23.5 Å². The van der Waals surface area contributed by atoms with Crippen molar-refractivity contribution in [3.05, 3.63) is 42.5 Å². The summed E-state index contributed by atoms with van der Waals surface area (Å²) < 4.78 is 54.0. The van der Waals surface area contributed by atoms with Gasteiger partial charge >= 0.3 is 6.18 Å². The summed E-state index contributed by atoms with van der Waals surface area (Å²) in [6.07, 6.45) is -2.03. The number of nitrogen functional groups attached to an aromatic ring is 1. The quantitative estimate of drug-likeness (QED) is 0.694. The molecule has 0 unspecified atom stereocenters. The smallest absolute Gasteiger partial charge is 0.422 e. The monoisotopic (exact) mass is 286 g/mol. The molecule has 0 saturated heterocycles. The second kappa shape index (κ2) is 5.36. The maximum Gasteiger partial charge on any atom is 0.422 e. The van der Waals surface area contributed by atoms with E-state index in [1.165, 1.54) is 30.5 Å². The third-order valence-electron chi connectivity index (χ3n) is 2.37. The van der Waals surface area contributed by atoms with Crippen LogP contribution in [0.3, 0.4) is 0 Å². The Kier molecular flexibility index (Phi) is 3.78. The molecule has 20 heavy (non-hydrogen) atoms. The Hall–Kier alpha value is -2.31. The number of alkyl halides is 3. The summed E-state index contributed by atoms with van der Waals surface area (Å²) in [6.45, 7) is -1.42. The number of ether oxygens (including phenoxy) is 1. The molecule has 2 rings (SSSR count). The molecule has 0 bridgehead atoms. The maximum absolute atomic E-state index is 13.1. The van der Waals surface area contributed by atoms with Crippen molar-refractivity contribution in [1.82, 2.24) is 4.98 Å². The van der Waals surface area contributed by atoms with Crippen molar-refractivity contribution in [1.29, 1.82) is 0 Å². The van der Waals surface area contributed by atoms with Crippen molar-refractivity contribution in [3.8, 4) is 16.9 Å². The van der Waals surface area contributed by atoms with Crippen LogP contribution in [0.2, 0.25) is 0 Å². The second-order valence-electron chi connectivity index (χ2n) is 4.09. The van der Waals surface area contributed by atoms with E-state index in [2.05, 4.69) is 9.72 Å². The van der Waals surface area contributed by atoms with Crippen molar-refractivity contribution in [3.63, 3.8) is 0 Å². The minimum atomic E-state index is -4.44. The first-order valence-electron chi connectivity index (χ1n) is 5.54. The molecular weight excluding hydrogens is 276 g/mol. The Bertz CT molecular complexity index is 614. The van der Waals surface area contributed by atoms with Gasteiger partial charge in [0.2, 0.25) is 0 Å². The zero-order chi connectivity index (χ0) is 14.8. The normalized spacial score (nSPS) is 11.4. The Morgan fingerprint density at radius 2 is 1.80 bits per heavy atom. The summed E-state index contributed by atoms with van der Waals surface area (Å²) in [6, 6.07) is 5.31. The number of benzene rings is 1. The van der Waals surface area contributed by atoms with Gasteiger partial charge in [0.15, 0.2) is 6.61 Å². The van der Waals surface area contributed by atoms with Gasteiger partial charge in [-0.05, 0) is 23.8 Å². The van der Waals surface area contributed by atoms with E-state index in [9.17, 15) is 17.6 Å². The van der Waals surface area contributed by atoms with Crippen LogP contribution < -0.4 is 10.5 Å². The Morgan fingerprint density at radius 3 is 2.45 bits per heavy atom. The highest BCUT2D eigenvalue weighted by Gasteiger charge is 2.28. The van der Waals surface area contributed by atoms with E-state index in [-0.39, 0.29) is 11.4 Å². The summed E-state index contributed by atoms with van der Waals surface area (Å²) in [5.41, 5.74) is 6.63. The summed E-state index contributed by atoms with van der Waals surface area (Å²) >= 11 is 0. The number of halogens is 4. The molecule has 0 aliphatic rings. The number of rotatable bonds is 3. The van der Waals surface area contributed by atoms with Gasteiger partial charge in [-0.25, -0.2) is 4.39 Å². The maximum atomic E-state index is 13.1. The lowest BCUT2D eigenvalue weighted by molar-refractivity contribution is -0.153. The van der Waals surface area contributed by atoms with Crippen LogP contribution in [0.1, 0.15) is 0 Å². The molecule has 0 radical (unpaired) electrons. The van der Waals surface area contributed by atoms with Gasteiger partial charge in [-0.1, -0.05) is 0 Å². The zero-order valence-corrected chi connectivity index (χ0v) is 10.1. The lowest BCUT2D eigenvalue weighted by Crippen LogP contribution is -2.19. The van der Waals surface area contributed by atoms with Gasteiger partial charge in [-0.2, -0.15) is 13.2 Å². The van der Waals surface area contributed by atoms with Crippen molar-refractivity contribution < 1.29 is 22.3 Å². The lowest BCUT2D eigenvalue weighted by atomic mass is 10.1. The Balaban J connectivity index is 2.29. The molecular formula is C13H10F4N2O. The second-order valence-corrected chi connectivity index (χ2v) is 4.09. The van der Waals surface area contributed by atoms with Crippen molar-refractivity contribution in [2.45, 2.75) is 6.18 Å². The molecule has 1 aromatic carbocycles. The van der Waals surface area contributed by atoms with Crippen LogP contribution in [0.4, 0.5) is 23.2 Å². The minimum absolute atomic E-state index is 0.0402. The molecule has 3 nitrogen and oxygen atoms in total. The molecule has 0 fully saturated rings. The van der Waals surface area contributed by atoms with Crippen molar-refractivity contribution >= 4 is 5.69 Å². The van der Waals surface area contributed by atoms with Gasteiger partial charge in [-0.15, -0.1) is 0 Å². The number of hydrogen-bond donors (Lipinski definition) is 1. The number of aromatic nitrogens is 1. The molecule has 0 saturated carbocycles. The van der Waals surface area contributed by atoms with Crippen molar-refractivity contribution in [2.24, 2.45) is 0 Å². The van der Waals surface area contributed by atoms with Crippen LogP contribution in [0.5, 0.6) is 5.75 Å². The third-order valence-corrected chi connectivity index (χ3v) is 2.37. The van der Waals surface area contributed by atoms with Crippen molar-refractivity contribution in [2.75, 3.05) is 12.3 Å². The standard InChI is InChI=1S/C13H10F4N2O/c14-10-1-9(5-19-6-10)8-2-11(18)4-12(3-8)20-7-13(15,16)17/h1-6H,7,18H2. The van der Waals surface area contributed by atoms with E-state index in [0.29, 0.717) is 11.1 Å². The van der Waals surface area contributed by atoms with Crippen LogP contribution in [-0.4, -0.2) is 17.8 Å². The predicted octanol–water partition coefficient (Wildman–Crippen LogP) is 3.41. The molecule has 106 valence electrons. The molecule has 0 aliphatic heterocycles. The average molecular weight is 286 g/mol. The molecule has 0 aliphatic carbocycles. The topological polar surface area (TPSA) is 48.1 Å². The molecule has 0 amide bonds. The molecule has 0 spiro atoms. The fraction of sp³-hybridized carbons (Fsp3) is 0.154. The molecule has 2 N–H and O–H groups in total. The lowest BCUT2D eigenvalue weighted by Gasteiger charge is -2.11. The first-order chi connectivity index (χ1) is 9.33. The number of anilines is 1. The highest BCUT2D eigenvalue weighted by Crippen LogP contribution is 2.28. The highest BCUT2D eigenvalue weighted by atomic mass is 19.4. The zero-order valence-electron chi connectivity index (χ0n) is 10.1. The van der Waals surface area contributed by atoms with E-state index in [1.807, 2.05) is 0 Å². The summed E-state index contributed by atoms with van der Waals surface area (Å²) in [4.78, 5) is 3.67. The van der Waals surface area contributed by atoms with Crippen LogP contribution in [0, 0.1) is 5.82 Å². The fourth-order valence-electron chi connectivity index (χ4n) is 1.61. The average Bonchev–Trinajstić information content (AvgIpc) is 2.35. The van der Waals surface area contributed by atoms with Gasteiger partial charge in [0.05, 0.1) is 6.20 Å². The van der Waals surface area contributed by atoms with Crippen LogP contribution in [0.15, 0.2) is 36.7 Å². The molecule has 1 heterocycles. The minimum Gasteiger partial charge on any atom is -0.484 e. The largest absolute Gasteiger partial charge is 0.484 e. The fourth-order valence-corrected chi connectivity index (χ4v) is 1.61. The van der Waals surface area contributed by atoms with Gasteiger partial charge in [0.25, 0.3) is 0 Å². The van der Waals surface area contributed by atoms with Gasteiger partial charge in [-0.3, -0.25) is 4.98 Å². The Morgan fingerprint density at radius 1 is 1.05 bits per heavy atom. The SMILES string of the molecule is Nc1cc(OCC(F)(F)F)cc(-c2cncc(F)c2)c1. The summed E-state index contributed by atoms with van der Waals surface area (Å²) in [5.74, 6) is -0.593. The van der Waals surface area contributed by atoms with E-state index >= 15 is 0 Å². The first-order valence-corrected chi connectivity index (χ1v) is 5.54. The number of nitrogens with zero attached hydrogens (tertiary/aromatic N) is 1. The molecule has 2 aromatic rings. The molecule has 1 aromatic heterocycles. The summed E-state index contributed by atoms with van der Waals surface area (Å²) in [5, 5.41) is 0. The van der Waals surface area contributed by atoms with Crippen LogP contribution >= 0.6 is 0 Å². The number of pyridine rings is 1. The molecule has 7 heteroatoms. The third kappa shape index (κ3) is 3.84. The van der Waals surface area contributed by atoms with Gasteiger partial charge < -0.3 is 10.5 Å². The number of nitrogens with two attached hydrogens (primary N) is 1. The van der Waals surface area contributed by atoms with E-state index in [4.69, 9.17) is 5.73 Å². The molecule has 0 atom stereocenters. The van der Waals surface area contributed by atoms with Crippen LogP contribution in [-0.2, 0) is 0 Å². The van der Waals surface area contributed by atoms with Crippen LogP contribution in [0.25, 0.3) is 11.1 Å². The Labute approximate surface area is 112 Å². The first kappa shape index (κ1) is 14.1. The predicted molar refractivity (Wildman–Crippen MR) is 65.6 cm³/mol. The number of hydrogen-bond acceptors (Lipinski definition) is 3. The highest BCUT2D eigenvalue weighted by molar-refractivity contribution is 5.69. The van der Waals surface area contributed by atoms with Gasteiger partial charge in [0.1, 0.15) is 11.6 Å². The summed E-state index contributed by atoms with van der Waals surface area (Å²) in [7, 11) is 0. The van der Waals surface area contributed by atoms with E-state index < -0.39 is 18.6 Å². The van der Waals surface area contributed by atoms with E-state index in [1.54, 1.807) is 0 Å².